The summed E-state index contributed by atoms with van der Waals surface area (Å²) < 4.78 is 35.8. The number of amides is 1. The first-order valence-electron chi connectivity index (χ1n) is 13.9. The predicted molar refractivity (Wildman–Crippen MR) is 153 cm³/mol. The number of hydrogen-bond donors (Lipinski definition) is 3. The van der Waals surface area contributed by atoms with Crippen LogP contribution < -0.4 is 14.2 Å². The van der Waals surface area contributed by atoms with E-state index in [-0.39, 0.29) is 6.79 Å². The number of para-hydroxylation sites is 1. The van der Waals surface area contributed by atoms with Crippen molar-refractivity contribution < 1.29 is 67.7 Å². The second-order valence-corrected chi connectivity index (χ2v) is 10.2. The number of aliphatic carboxylic acids is 1. The molecule has 0 saturated carbocycles. The van der Waals surface area contributed by atoms with Gasteiger partial charge in [-0.3, -0.25) is 19.1 Å². The molecule has 0 unspecified atom stereocenters. The van der Waals surface area contributed by atoms with Crippen LogP contribution in [0.15, 0.2) is 72.8 Å². The van der Waals surface area contributed by atoms with Crippen LogP contribution in [0.25, 0.3) is 0 Å². The molecule has 5 rings (SSSR count). The molecule has 3 aromatic carbocycles. The zero-order chi connectivity index (χ0) is 32.8. The molecule has 3 aromatic rings. The summed E-state index contributed by atoms with van der Waals surface area (Å²) in [5, 5.41) is 27.8. The largest absolute Gasteiger partial charge is 0.519 e. The highest BCUT2D eigenvalue weighted by atomic mass is 17.1. The highest BCUT2D eigenvalue weighted by Crippen LogP contribution is 2.37. The Labute approximate surface area is 261 Å². The Morgan fingerprint density at radius 3 is 2.20 bits per heavy atom. The van der Waals surface area contributed by atoms with Crippen molar-refractivity contribution in [1.82, 2.24) is 4.90 Å². The summed E-state index contributed by atoms with van der Waals surface area (Å²) in [6.07, 6.45) is -8.44. The quantitative estimate of drug-likeness (QED) is 0.188. The molecular weight excluding hydrogens is 610 g/mol. The summed E-state index contributed by atoms with van der Waals surface area (Å²) in [6, 6.07) is 20.8. The number of carbonyl (C=O) groups excluding carboxylic acids is 1. The number of carbonyl (C=O) groups is 4. The first-order valence-corrected chi connectivity index (χ1v) is 13.9. The molecule has 2 heterocycles. The number of benzene rings is 3. The third-order valence-electron chi connectivity index (χ3n) is 7.24. The number of hydrogen-bond acceptors (Lipinski definition) is 11. The van der Waals surface area contributed by atoms with Crippen LogP contribution in [0, 0.1) is 0 Å². The molecule has 2 aliphatic heterocycles. The molecule has 3 N–H and O–H groups in total. The summed E-state index contributed by atoms with van der Waals surface area (Å²) in [6.45, 7) is 0.252. The van der Waals surface area contributed by atoms with Crippen LogP contribution in [0.3, 0.4) is 0 Å². The van der Waals surface area contributed by atoms with Gasteiger partial charge in [0, 0.05) is 12.0 Å². The number of fused-ring (bicyclic) bond motifs is 1. The number of carboxylic acid groups (broad SMARTS) is 3. The lowest BCUT2D eigenvalue weighted by Gasteiger charge is -2.35. The van der Waals surface area contributed by atoms with Gasteiger partial charge in [-0.15, -0.1) is 0 Å². The molecule has 0 radical (unpaired) electrons. The smallest absolute Gasteiger partial charge is 0.480 e. The van der Waals surface area contributed by atoms with E-state index in [1.165, 1.54) is 0 Å². The fourth-order valence-corrected chi connectivity index (χ4v) is 5.15. The van der Waals surface area contributed by atoms with Crippen molar-refractivity contribution in [2.75, 3.05) is 19.9 Å². The highest BCUT2D eigenvalue weighted by Gasteiger charge is 2.54. The minimum absolute atomic E-state index is 0.0739. The lowest BCUT2D eigenvalue weighted by molar-refractivity contribution is -0.427. The van der Waals surface area contributed by atoms with E-state index in [1.807, 2.05) is 24.3 Å². The molecule has 15 nitrogen and oxygen atoms in total. The lowest BCUT2D eigenvalue weighted by atomic mass is 9.85. The molecule has 1 fully saturated rings. The zero-order valence-corrected chi connectivity index (χ0v) is 24.3. The van der Waals surface area contributed by atoms with Gasteiger partial charge in [0.2, 0.25) is 6.79 Å². The summed E-state index contributed by atoms with van der Waals surface area (Å²) in [5.41, 5.74) is 1.53. The Bertz CT molecular complexity index is 1560. The van der Waals surface area contributed by atoms with Crippen LogP contribution in [0.1, 0.15) is 24.0 Å². The number of nitrogens with zero attached hydrogens (tertiary/aromatic N) is 1. The second kappa shape index (κ2) is 13.6. The van der Waals surface area contributed by atoms with Gasteiger partial charge in [0.1, 0.15) is 18.0 Å². The van der Waals surface area contributed by atoms with Gasteiger partial charge in [-0.25, -0.2) is 9.59 Å². The van der Waals surface area contributed by atoms with Gasteiger partial charge in [-0.05, 0) is 60.9 Å². The van der Waals surface area contributed by atoms with Crippen molar-refractivity contribution in [3.05, 3.63) is 83.9 Å². The van der Waals surface area contributed by atoms with Gasteiger partial charge in [0.15, 0.2) is 17.6 Å². The third-order valence-corrected chi connectivity index (χ3v) is 7.24. The topological polar surface area (TPSA) is 197 Å². The number of carboxylic acids is 1. The van der Waals surface area contributed by atoms with E-state index in [1.54, 1.807) is 55.5 Å². The Kier molecular flexibility index (Phi) is 9.44. The molecule has 242 valence electrons. The average Bonchev–Trinajstić information content (AvgIpc) is 3.65. The number of ether oxygens (including phenoxy) is 7. The van der Waals surface area contributed by atoms with Crippen LogP contribution in [0.4, 0.5) is 9.59 Å². The lowest BCUT2D eigenvalue weighted by Crippen LogP contribution is -2.51. The molecule has 0 aromatic heterocycles. The minimum atomic E-state index is -3.07. The fraction of sp³-hybridized carbons (Fsp3) is 0.290. The van der Waals surface area contributed by atoms with Gasteiger partial charge >= 0.3 is 24.4 Å². The average molecular weight is 640 g/mol. The normalized spacial score (nSPS) is 17.4. The van der Waals surface area contributed by atoms with Gasteiger partial charge in [0.25, 0.3) is 5.91 Å². The fourth-order valence-electron chi connectivity index (χ4n) is 5.15. The van der Waals surface area contributed by atoms with Gasteiger partial charge in [-0.2, -0.15) is 0 Å². The summed E-state index contributed by atoms with van der Waals surface area (Å²) in [5.74, 6) is -0.500. The Morgan fingerprint density at radius 2 is 1.54 bits per heavy atom. The summed E-state index contributed by atoms with van der Waals surface area (Å²) in [7, 11) is 0. The Morgan fingerprint density at radius 1 is 0.891 bits per heavy atom. The van der Waals surface area contributed by atoms with Crippen molar-refractivity contribution in [3.8, 4) is 23.0 Å². The van der Waals surface area contributed by atoms with E-state index < -0.39 is 61.6 Å². The first-order chi connectivity index (χ1) is 22.0. The van der Waals surface area contributed by atoms with E-state index in [9.17, 15) is 24.3 Å². The molecule has 0 bridgehead atoms. The zero-order valence-electron chi connectivity index (χ0n) is 24.3. The molecule has 3 atom stereocenters. The van der Waals surface area contributed by atoms with E-state index in [4.69, 9.17) is 33.9 Å². The van der Waals surface area contributed by atoms with Crippen molar-refractivity contribution in [1.29, 1.82) is 0 Å². The molecule has 46 heavy (non-hydrogen) atoms. The van der Waals surface area contributed by atoms with Gasteiger partial charge in [-0.1, -0.05) is 36.4 Å². The van der Waals surface area contributed by atoms with Crippen LogP contribution in [-0.2, 0) is 35.0 Å². The van der Waals surface area contributed by atoms with Gasteiger partial charge < -0.3 is 43.9 Å². The molecule has 15 heteroatoms. The second-order valence-electron chi connectivity index (χ2n) is 10.2. The molecule has 0 spiro atoms. The van der Waals surface area contributed by atoms with Gasteiger partial charge in [0.05, 0.1) is 6.61 Å². The van der Waals surface area contributed by atoms with Crippen LogP contribution in [0.5, 0.6) is 23.0 Å². The van der Waals surface area contributed by atoms with Crippen molar-refractivity contribution >= 4 is 24.2 Å². The summed E-state index contributed by atoms with van der Waals surface area (Å²) in [4.78, 5) is 49.1. The Balaban J connectivity index is 1.44. The highest BCUT2D eigenvalue weighted by molar-refractivity contribution is 5.85. The molecule has 1 amide bonds. The predicted octanol–water partition coefficient (Wildman–Crippen LogP) is 4.25. The van der Waals surface area contributed by atoms with Crippen molar-refractivity contribution in [2.24, 2.45) is 0 Å². The van der Waals surface area contributed by atoms with E-state index in [2.05, 4.69) is 9.47 Å². The van der Waals surface area contributed by atoms with E-state index in [0.29, 0.717) is 29.4 Å². The molecule has 0 aliphatic carbocycles. The maximum atomic E-state index is 13.8. The number of rotatable bonds is 12. The first kappa shape index (κ1) is 31.9. The minimum Gasteiger partial charge on any atom is -0.480 e. The van der Waals surface area contributed by atoms with Crippen LogP contribution in [-0.4, -0.2) is 82.7 Å². The third kappa shape index (κ3) is 7.57. The Hall–Kier alpha value is -5.54. The molecule has 1 saturated heterocycles. The van der Waals surface area contributed by atoms with E-state index in [0.717, 1.165) is 16.0 Å². The van der Waals surface area contributed by atoms with Crippen molar-refractivity contribution in [2.45, 2.75) is 37.6 Å². The maximum absolute atomic E-state index is 13.8. The maximum Gasteiger partial charge on any atom is 0.519 e. The SMILES string of the molecule is C[C@@H]([C@@H](Cc1ccc2c(c1)OCO2)c1ccc(Oc2ccccc2)cc1)N(CC(=O)O)C(=O)[C@@H]1COC(OC(=O)O)(OC(=O)O)O1. The van der Waals surface area contributed by atoms with E-state index >= 15 is 0 Å². The van der Waals surface area contributed by atoms with Crippen molar-refractivity contribution in [3.63, 3.8) is 0 Å². The molecule has 2 aliphatic rings. The standard InChI is InChI=1S/C31H29NO14/c1-18(32(15-27(33)34)28(35)26-16-42-31(44-26,45-29(36)37)46-30(38)39)23(13-19-7-12-24-25(14-19)41-17-40-24)20-8-10-22(11-9-20)43-21-5-3-2-4-6-21/h2-12,14,18,23,26H,13,15-17H2,1H3,(H,33,34)(H,36,37)(H,38,39)/t18-,23+,26-/m0/s1. The monoisotopic (exact) mass is 639 g/mol. The van der Waals surface area contributed by atoms with Crippen LogP contribution >= 0.6 is 0 Å². The van der Waals surface area contributed by atoms with Crippen LogP contribution in [0.2, 0.25) is 0 Å². The molecular formula is C31H29NO14. The summed E-state index contributed by atoms with van der Waals surface area (Å²) >= 11 is 0.